The summed E-state index contributed by atoms with van der Waals surface area (Å²) in [5, 5.41) is 20.0. The number of hydrogen-bond donors (Lipinski definition) is 2. The summed E-state index contributed by atoms with van der Waals surface area (Å²) in [4.78, 5) is 10.4. The van der Waals surface area contributed by atoms with Gasteiger partial charge in [-0.05, 0) is 6.07 Å². The Morgan fingerprint density at radius 2 is 2.44 bits per heavy atom. The van der Waals surface area contributed by atoms with Gasteiger partial charge in [0, 0.05) is 0 Å². The van der Waals surface area contributed by atoms with Crippen LogP contribution in [0.5, 0.6) is 0 Å². The maximum atomic E-state index is 10.1. The standard InChI is InChI=1S/C4H4N2O3/c7-4(8)3-1-2-5-6(3)9/h1-2,9H,(H,7,8). The fraction of sp³-hybridized carbons (Fsp3) is 0. The van der Waals surface area contributed by atoms with Crippen LogP contribution in [-0.4, -0.2) is 26.2 Å². The summed E-state index contributed by atoms with van der Waals surface area (Å²) in [6.07, 6.45) is 1.20. The molecule has 0 atom stereocenters. The van der Waals surface area contributed by atoms with Crippen molar-refractivity contribution in [2.24, 2.45) is 0 Å². The molecule has 0 amide bonds. The first kappa shape index (κ1) is 5.61. The quantitative estimate of drug-likeness (QED) is 0.514. The van der Waals surface area contributed by atoms with Crippen LogP contribution in [0.2, 0.25) is 0 Å². The largest absolute Gasteiger partial charge is 0.476 e. The normalized spacial score (nSPS) is 9.33. The van der Waals surface area contributed by atoms with Crippen molar-refractivity contribution < 1.29 is 15.1 Å². The molecule has 9 heavy (non-hydrogen) atoms. The van der Waals surface area contributed by atoms with Crippen LogP contribution in [0.25, 0.3) is 0 Å². The van der Waals surface area contributed by atoms with Crippen molar-refractivity contribution in [1.29, 1.82) is 0 Å². The van der Waals surface area contributed by atoms with Gasteiger partial charge in [0.05, 0.1) is 6.20 Å². The van der Waals surface area contributed by atoms with Crippen LogP contribution in [-0.2, 0) is 0 Å². The van der Waals surface area contributed by atoms with Gasteiger partial charge in [-0.25, -0.2) is 4.79 Å². The van der Waals surface area contributed by atoms with E-state index in [9.17, 15) is 4.79 Å². The molecule has 1 heterocycles. The number of aromatic carboxylic acids is 1. The molecule has 0 saturated carbocycles. The van der Waals surface area contributed by atoms with Crippen molar-refractivity contribution in [1.82, 2.24) is 9.94 Å². The molecule has 0 bridgehead atoms. The maximum absolute atomic E-state index is 10.1. The molecule has 0 aliphatic carbocycles. The van der Waals surface area contributed by atoms with E-state index in [-0.39, 0.29) is 5.69 Å². The third-order valence-electron chi connectivity index (χ3n) is 0.843. The third-order valence-corrected chi connectivity index (χ3v) is 0.843. The first-order chi connectivity index (χ1) is 4.22. The Morgan fingerprint density at radius 3 is 2.67 bits per heavy atom. The number of nitrogens with zero attached hydrogens (tertiary/aromatic N) is 2. The molecular weight excluding hydrogens is 124 g/mol. The second-order valence-corrected chi connectivity index (χ2v) is 1.41. The van der Waals surface area contributed by atoms with Gasteiger partial charge in [0.2, 0.25) is 0 Å². The van der Waals surface area contributed by atoms with Crippen molar-refractivity contribution >= 4 is 5.97 Å². The van der Waals surface area contributed by atoms with Crippen molar-refractivity contribution in [3.63, 3.8) is 0 Å². The molecule has 0 aromatic carbocycles. The molecule has 0 radical (unpaired) electrons. The molecule has 0 saturated heterocycles. The molecule has 48 valence electrons. The minimum Gasteiger partial charge on any atom is -0.476 e. The summed E-state index contributed by atoms with van der Waals surface area (Å²) < 4.78 is 0. The Hall–Kier alpha value is -1.52. The summed E-state index contributed by atoms with van der Waals surface area (Å²) in [5.41, 5.74) is -0.241. The predicted molar refractivity (Wildman–Crippen MR) is 26.4 cm³/mol. The molecule has 0 spiro atoms. The molecule has 1 aromatic rings. The second-order valence-electron chi connectivity index (χ2n) is 1.41. The van der Waals surface area contributed by atoms with Gasteiger partial charge < -0.3 is 10.3 Å². The first-order valence-electron chi connectivity index (χ1n) is 2.18. The Morgan fingerprint density at radius 1 is 1.78 bits per heavy atom. The van der Waals surface area contributed by atoms with Crippen LogP contribution in [0.1, 0.15) is 10.5 Å². The van der Waals surface area contributed by atoms with Gasteiger partial charge in [0.1, 0.15) is 0 Å². The number of carboxylic acid groups (broad SMARTS) is 1. The number of carboxylic acids is 1. The van der Waals surface area contributed by atoms with Crippen molar-refractivity contribution in [2.45, 2.75) is 0 Å². The lowest BCUT2D eigenvalue weighted by molar-refractivity contribution is 0.0620. The van der Waals surface area contributed by atoms with Gasteiger partial charge in [-0.1, -0.05) is 4.85 Å². The van der Waals surface area contributed by atoms with Crippen molar-refractivity contribution in [2.75, 3.05) is 0 Å². The highest BCUT2D eigenvalue weighted by molar-refractivity contribution is 5.85. The number of hydrogen-bond acceptors (Lipinski definition) is 3. The smallest absolute Gasteiger partial charge is 0.357 e. The minimum atomic E-state index is -1.20. The zero-order valence-electron chi connectivity index (χ0n) is 4.35. The van der Waals surface area contributed by atoms with Gasteiger partial charge >= 0.3 is 5.97 Å². The van der Waals surface area contributed by atoms with Gasteiger partial charge in [-0.15, -0.1) is 5.10 Å². The fourth-order valence-electron chi connectivity index (χ4n) is 0.453. The summed E-state index contributed by atoms with van der Waals surface area (Å²) in [7, 11) is 0. The lowest BCUT2D eigenvalue weighted by atomic mass is 10.4. The average Bonchev–Trinajstić information content (AvgIpc) is 2.13. The lowest BCUT2D eigenvalue weighted by Crippen LogP contribution is -2.05. The van der Waals surface area contributed by atoms with Gasteiger partial charge in [-0.2, -0.15) is 0 Å². The Kier molecular flexibility index (Phi) is 1.11. The molecular formula is C4H4N2O3. The molecule has 0 unspecified atom stereocenters. The Labute approximate surface area is 50.1 Å². The van der Waals surface area contributed by atoms with Crippen LogP contribution in [0, 0.1) is 0 Å². The van der Waals surface area contributed by atoms with E-state index in [2.05, 4.69) is 5.10 Å². The summed E-state index contributed by atoms with van der Waals surface area (Å²) >= 11 is 0. The van der Waals surface area contributed by atoms with E-state index in [1.807, 2.05) is 0 Å². The van der Waals surface area contributed by atoms with Crippen LogP contribution < -0.4 is 0 Å². The third kappa shape index (κ3) is 0.835. The first-order valence-corrected chi connectivity index (χ1v) is 2.18. The van der Waals surface area contributed by atoms with Gasteiger partial charge in [-0.3, -0.25) is 0 Å². The molecule has 5 heteroatoms. The number of aromatic nitrogens is 2. The molecule has 0 fully saturated rings. The zero-order valence-corrected chi connectivity index (χ0v) is 4.35. The van der Waals surface area contributed by atoms with E-state index < -0.39 is 5.97 Å². The second kappa shape index (κ2) is 1.77. The number of carbonyl (C=O) groups is 1. The van der Waals surface area contributed by atoms with Crippen LogP contribution in [0.3, 0.4) is 0 Å². The van der Waals surface area contributed by atoms with E-state index in [0.29, 0.717) is 4.85 Å². The van der Waals surface area contributed by atoms with Crippen LogP contribution >= 0.6 is 0 Å². The Balaban J connectivity index is 3.08. The van der Waals surface area contributed by atoms with E-state index in [1.54, 1.807) is 0 Å². The molecule has 1 aromatic heterocycles. The van der Waals surface area contributed by atoms with E-state index >= 15 is 0 Å². The van der Waals surface area contributed by atoms with E-state index in [1.165, 1.54) is 12.3 Å². The molecule has 0 aliphatic heterocycles. The molecule has 5 nitrogen and oxygen atoms in total. The Bertz CT molecular complexity index is 229. The lowest BCUT2D eigenvalue weighted by Gasteiger charge is -1.89. The van der Waals surface area contributed by atoms with Gasteiger partial charge in [0.15, 0.2) is 5.69 Å². The average molecular weight is 128 g/mol. The molecule has 2 N–H and O–H groups in total. The topological polar surface area (TPSA) is 75.3 Å². The molecule has 0 aliphatic rings. The predicted octanol–water partition coefficient (Wildman–Crippen LogP) is -0.181. The minimum absolute atomic E-state index is 0.241. The monoisotopic (exact) mass is 128 g/mol. The van der Waals surface area contributed by atoms with E-state index in [4.69, 9.17) is 10.3 Å². The summed E-state index contributed by atoms with van der Waals surface area (Å²) in [5.74, 6) is -1.20. The zero-order chi connectivity index (χ0) is 6.85. The molecule has 1 rings (SSSR count). The summed E-state index contributed by atoms with van der Waals surface area (Å²) in [6, 6.07) is 1.20. The van der Waals surface area contributed by atoms with Gasteiger partial charge in [0.25, 0.3) is 0 Å². The van der Waals surface area contributed by atoms with Crippen LogP contribution in [0.4, 0.5) is 0 Å². The highest BCUT2D eigenvalue weighted by atomic mass is 16.5. The van der Waals surface area contributed by atoms with Crippen molar-refractivity contribution in [3.8, 4) is 0 Å². The SMILES string of the molecule is O=C(O)c1ccnn1O. The maximum Gasteiger partial charge on any atom is 0.357 e. The number of rotatable bonds is 1. The summed E-state index contributed by atoms with van der Waals surface area (Å²) in [6.45, 7) is 0. The highest BCUT2D eigenvalue weighted by Crippen LogP contribution is 1.93. The van der Waals surface area contributed by atoms with Crippen molar-refractivity contribution in [3.05, 3.63) is 18.0 Å². The highest BCUT2D eigenvalue weighted by Gasteiger charge is 2.07. The van der Waals surface area contributed by atoms with Crippen LogP contribution in [0.15, 0.2) is 12.3 Å². The van der Waals surface area contributed by atoms with E-state index in [0.717, 1.165) is 0 Å². The fourth-order valence-corrected chi connectivity index (χ4v) is 0.453.